The van der Waals surface area contributed by atoms with Crippen LogP contribution in [0.1, 0.15) is 24.0 Å². The van der Waals surface area contributed by atoms with Gasteiger partial charge < -0.3 is 14.1 Å². The zero-order valence-electron chi connectivity index (χ0n) is 16.5. The van der Waals surface area contributed by atoms with Gasteiger partial charge in [0.2, 0.25) is 0 Å². The van der Waals surface area contributed by atoms with Crippen molar-refractivity contribution < 1.29 is 9.53 Å². The van der Waals surface area contributed by atoms with Crippen LogP contribution in [-0.4, -0.2) is 17.5 Å². The number of nitrogens with zero attached hydrogens (tertiary/aromatic N) is 1. The van der Waals surface area contributed by atoms with E-state index in [1.807, 2.05) is 79.0 Å². The van der Waals surface area contributed by atoms with Crippen molar-refractivity contribution in [2.24, 2.45) is 5.92 Å². The molecule has 0 saturated heterocycles. The summed E-state index contributed by atoms with van der Waals surface area (Å²) in [5.41, 5.74) is 1.46. The van der Waals surface area contributed by atoms with Gasteiger partial charge in [0.15, 0.2) is 11.2 Å². The lowest BCUT2D eigenvalue weighted by atomic mass is 9.85. The first-order valence-corrected chi connectivity index (χ1v) is 10.1. The molecule has 4 nitrogen and oxygen atoms in total. The third kappa shape index (κ3) is 4.48. The Bertz CT molecular complexity index is 966. The summed E-state index contributed by atoms with van der Waals surface area (Å²) in [7, 11) is 0. The van der Waals surface area contributed by atoms with Crippen molar-refractivity contribution in [3.8, 4) is 5.75 Å². The molecule has 148 valence electrons. The van der Waals surface area contributed by atoms with Crippen molar-refractivity contribution in [2.75, 3.05) is 6.61 Å². The van der Waals surface area contributed by atoms with Crippen molar-refractivity contribution >= 4 is 6.29 Å². The van der Waals surface area contributed by atoms with Gasteiger partial charge >= 0.3 is 0 Å². The lowest BCUT2D eigenvalue weighted by Gasteiger charge is -2.32. The summed E-state index contributed by atoms with van der Waals surface area (Å²) in [6, 6.07) is 23.7. The Kier molecular flexibility index (Phi) is 5.61. The smallest absolute Gasteiger partial charge is 0.168 e. The summed E-state index contributed by atoms with van der Waals surface area (Å²) in [6.45, 7) is 0.640. The summed E-state index contributed by atoms with van der Waals surface area (Å²) in [5.74, 6) is 1.14. The van der Waals surface area contributed by atoms with E-state index in [0.717, 1.165) is 17.4 Å². The zero-order chi connectivity index (χ0) is 20.1. The largest absolute Gasteiger partial charge is 0.489 e. The van der Waals surface area contributed by atoms with Crippen LogP contribution in [0.25, 0.3) is 0 Å². The number of nitrogens with one attached hydrogen (secondary N) is 1. The quantitative estimate of drug-likeness (QED) is 0.562. The van der Waals surface area contributed by atoms with Crippen molar-refractivity contribution in [2.45, 2.75) is 31.2 Å². The molecular weight excluding hydrogens is 360 g/mol. The van der Waals surface area contributed by atoms with E-state index in [0.29, 0.717) is 31.1 Å². The van der Waals surface area contributed by atoms with E-state index in [1.54, 1.807) is 4.57 Å². The molecule has 4 rings (SSSR count). The Morgan fingerprint density at radius 1 is 0.931 bits per heavy atom. The molecule has 1 N–H and O–H groups in total. The van der Waals surface area contributed by atoms with Crippen LogP contribution < -0.4 is 10.2 Å². The molecule has 1 fully saturated rings. The van der Waals surface area contributed by atoms with Gasteiger partial charge in [-0.25, -0.2) is 0 Å². The molecule has 0 bridgehead atoms. The molecule has 0 radical (unpaired) electrons. The SMILES string of the molecule is N=c1c(OCC2CC2)cccn1C(C=O)(Cc1ccccc1)Cc1ccccc1. The minimum atomic E-state index is -0.904. The van der Waals surface area contributed by atoms with Crippen LogP contribution in [0.2, 0.25) is 0 Å². The number of hydrogen-bond donors (Lipinski definition) is 1. The molecule has 3 aromatic rings. The summed E-state index contributed by atoms with van der Waals surface area (Å²) in [6.07, 6.45) is 6.23. The van der Waals surface area contributed by atoms with Gasteiger partial charge in [-0.05, 0) is 42.0 Å². The maximum atomic E-state index is 12.6. The molecule has 1 heterocycles. The number of pyridine rings is 1. The highest BCUT2D eigenvalue weighted by Gasteiger charge is 2.33. The molecule has 1 aliphatic rings. The molecule has 1 aliphatic carbocycles. The molecule has 0 atom stereocenters. The van der Waals surface area contributed by atoms with E-state index in [1.165, 1.54) is 12.8 Å². The summed E-state index contributed by atoms with van der Waals surface area (Å²) < 4.78 is 7.70. The monoisotopic (exact) mass is 386 g/mol. The topological polar surface area (TPSA) is 55.1 Å². The van der Waals surface area contributed by atoms with Crippen LogP contribution in [0.4, 0.5) is 0 Å². The van der Waals surface area contributed by atoms with Crippen LogP contribution in [0.15, 0.2) is 79.0 Å². The van der Waals surface area contributed by atoms with E-state index in [9.17, 15) is 4.79 Å². The molecule has 1 saturated carbocycles. The van der Waals surface area contributed by atoms with Crippen molar-refractivity contribution in [1.82, 2.24) is 4.57 Å². The predicted molar refractivity (Wildman–Crippen MR) is 113 cm³/mol. The maximum absolute atomic E-state index is 12.6. The lowest BCUT2D eigenvalue weighted by molar-refractivity contribution is -0.115. The standard InChI is InChI=1S/C25H26N2O2/c26-24-23(29-18-22-13-14-22)12-7-15-27(24)25(19-28,16-20-8-3-1-4-9-20)17-21-10-5-2-6-11-21/h1-12,15,19,22,26H,13-14,16-18H2. The van der Waals surface area contributed by atoms with Crippen molar-refractivity contribution in [3.63, 3.8) is 0 Å². The van der Waals surface area contributed by atoms with Gasteiger partial charge in [-0.15, -0.1) is 0 Å². The fraction of sp³-hybridized carbons (Fsp3) is 0.280. The van der Waals surface area contributed by atoms with Crippen LogP contribution in [0, 0.1) is 11.3 Å². The van der Waals surface area contributed by atoms with Gasteiger partial charge in [0.1, 0.15) is 11.8 Å². The third-order valence-corrected chi connectivity index (χ3v) is 5.53. The average Bonchev–Trinajstić information content (AvgIpc) is 3.58. The number of rotatable bonds is 9. The second kappa shape index (κ2) is 8.48. The van der Waals surface area contributed by atoms with E-state index >= 15 is 0 Å². The average molecular weight is 386 g/mol. The zero-order valence-corrected chi connectivity index (χ0v) is 16.5. The first-order valence-electron chi connectivity index (χ1n) is 10.1. The van der Waals surface area contributed by atoms with Gasteiger partial charge in [-0.2, -0.15) is 0 Å². The van der Waals surface area contributed by atoms with Crippen molar-refractivity contribution in [1.29, 1.82) is 5.41 Å². The van der Waals surface area contributed by atoms with E-state index in [2.05, 4.69) is 0 Å². The van der Waals surface area contributed by atoms with Gasteiger partial charge in [0, 0.05) is 19.0 Å². The highest BCUT2D eigenvalue weighted by Crippen LogP contribution is 2.29. The minimum absolute atomic E-state index is 0.243. The number of aldehydes is 1. The maximum Gasteiger partial charge on any atom is 0.168 e. The number of aromatic nitrogens is 1. The second-order valence-corrected chi connectivity index (χ2v) is 7.89. The molecular formula is C25H26N2O2. The number of carbonyl (C=O) groups is 1. The molecule has 1 aromatic heterocycles. The van der Waals surface area contributed by atoms with Crippen LogP contribution >= 0.6 is 0 Å². The number of hydrogen-bond acceptors (Lipinski definition) is 3. The Labute approximate surface area is 171 Å². The highest BCUT2D eigenvalue weighted by molar-refractivity contribution is 5.64. The van der Waals surface area contributed by atoms with Crippen LogP contribution in [-0.2, 0) is 23.2 Å². The Hall–Kier alpha value is -3.14. The fourth-order valence-electron chi connectivity index (χ4n) is 3.74. The molecule has 0 aliphatic heterocycles. The number of ether oxygens (including phenoxy) is 1. The third-order valence-electron chi connectivity index (χ3n) is 5.53. The van der Waals surface area contributed by atoms with Crippen molar-refractivity contribution in [3.05, 3.63) is 95.6 Å². The van der Waals surface area contributed by atoms with Gasteiger partial charge in [0.05, 0.1) is 6.61 Å². The molecule has 4 heteroatoms. The number of carbonyl (C=O) groups excluding carboxylic acids is 1. The number of benzene rings is 2. The molecule has 29 heavy (non-hydrogen) atoms. The first-order chi connectivity index (χ1) is 14.2. The van der Waals surface area contributed by atoms with Gasteiger partial charge in [0.25, 0.3) is 0 Å². The summed E-state index contributed by atoms with van der Waals surface area (Å²) >= 11 is 0. The van der Waals surface area contributed by atoms with Gasteiger partial charge in [-0.1, -0.05) is 60.7 Å². The molecule has 0 amide bonds. The van der Waals surface area contributed by atoms with Crippen LogP contribution in [0.3, 0.4) is 0 Å². The van der Waals surface area contributed by atoms with E-state index in [4.69, 9.17) is 10.1 Å². The normalized spacial score (nSPS) is 13.8. The Morgan fingerprint density at radius 3 is 2.03 bits per heavy atom. The summed E-state index contributed by atoms with van der Waals surface area (Å²) in [5, 5.41) is 8.78. The second-order valence-electron chi connectivity index (χ2n) is 7.89. The lowest BCUT2D eigenvalue weighted by Crippen LogP contribution is -2.46. The molecule has 2 aromatic carbocycles. The molecule has 0 unspecified atom stereocenters. The van der Waals surface area contributed by atoms with E-state index < -0.39 is 5.54 Å². The first kappa shape index (κ1) is 19.2. The van der Waals surface area contributed by atoms with Gasteiger partial charge in [-0.3, -0.25) is 5.41 Å². The Morgan fingerprint density at radius 2 is 1.52 bits per heavy atom. The fourth-order valence-corrected chi connectivity index (χ4v) is 3.74. The minimum Gasteiger partial charge on any atom is -0.489 e. The highest BCUT2D eigenvalue weighted by atomic mass is 16.5. The summed E-state index contributed by atoms with van der Waals surface area (Å²) in [4.78, 5) is 12.6. The molecule has 0 spiro atoms. The van der Waals surface area contributed by atoms with Crippen LogP contribution in [0.5, 0.6) is 5.75 Å². The predicted octanol–water partition coefficient (Wildman–Crippen LogP) is 4.14. The van der Waals surface area contributed by atoms with E-state index in [-0.39, 0.29) is 5.49 Å². The Balaban J connectivity index is 1.75.